The SMILES string of the molecule is CCNc1ncc(CN2CCN(CC)C(C)C2)s1. The fourth-order valence-electron chi connectivity index (χ4n) is 2.52. The molecule has 0 spiro atoms. The number of nitrogens with zero attached hydrogens (tertiary/aromatic N) is 3. The Labute approximate surface area is 114 Å². The topological polar surface area (TPSA) is 31.4 Å². The lowest BCUT2D eigenvalue weighted by Gasteiger charge is -2.39. The van der Waals surface area contributed by atoms with Crippen LogP contribution in [0.15, 0.2) is 6.20 Å². The highest BCUT2D eigenvalue weighted by atomic mass is 32.1. The Bertz CT molecular complexity index is 366. The van der Waals surface area contributed by atoms with E-state index in [4.69, 9.17) is 0 Å². The molecule has 1 fully saturated rings. The summed E-state index contributed by atoms with van der Waals surface area (Å²) in [4.78, 5) is 10.8. The number of rotatable bonds is 5. The van der Waals surface area contributed by atoms with Gasteiger partial charge in [-0.1, -0.05) is 6.92 Å². The molecule has 4 nitrogen and oxygen atoms in total. The molecule has 1 aliphatic rings. The van der Waals surface area contributed by atoms with E-state index in [9.17, 15) is 0 Å². The third kappa shape index (κ3) is 3.43. The molecule has 5 heteroatoms. The summed E-state index contributed by atoms with van der Waals surface area (Å²) < 4.78 is 0. The molecule has 1 atom stereocenters. The number of hydrogen-bond acceptors (Lipinski definition) is 5. The molecule has 0 amide bonds. The van der Waals surface area contributed by atoms with Crippen LogP contribution in [0.25, 0.3) is 0 Å². The van der Waals surface area contributed by atoms with Crippen molar-refractivity contribution in [2.75, 3.05) is 38.0 Å². The third-order valence-corrected chi connectivity index (χ3v) is 4.46. The number of aromatic nitrogens is 1. The molecule has 2 rings (SSSR count). The zero-order valence-electron chi connectivity index (χ0n) is 11.6. The van der Waals surface area contributed by atoms with Crippen LogP contribution >= 0.6 is 11.3 Å². The quantitative estimate of drug-likeness (QED) is 0.886. The van der Waals surface area contributed by atoms with Crippen LogP contribution in [0.1, 0.15) is 25.6 Å². The van der Waals surface area contributed by atoms with Gasteiger partial charge < -0.3 is 5.32 Å². The Balaban J connectivity index is 1.86. The summed E-state index contributed by atoms with van der Waals surface area (Å²) in [7, 11) is 0. The summed E-state index contributed by atoms with van der Waals surface area (Å²) in [5, 5.41) is 4.32. The minimum atomic E-state index is 0.671. The number of piperazine rings is 1. The van der Waals surface area contributed by atoms with E-state index in [0.717, 1.165) is 18.2 Å². The van der Waals surface area contributed by atoms with Crippen molar-refractivity contribution in [2.45, 2.75) is 33.4 Å². The second kappa shape index (κ2) is 6.50. The van der Waals surface area contributed by atoms with Gasteiger partial charge in [0.2, 0.25) is 0 Å². The van der Waals surface area contributed by atoms with Crippen molar-refractivity contribution in [3.63, 3.8) is 0 Å². The largest absolute Gasteiger partial charge is 0.362 e. The van der Waals surface area contributed by atoms with Crippen LogP contribution in [0.4, 0.5) is 5.13 Å². The van der Waals surface area contributed by atoms with Crippen LogP contribution < -0.4 is 5.32 Å². The van der Waals surface area contributed by atoms with Crippen LogP contribution in [0.2, 0.25) is 0 Å². The monoisotopic (exact) mass is 268 g/mol. The molecule has 1 N–H and O–H groups in total. The molecule has 102 valence electrons. The van der Waals surface area contributed by atoms with Crippen LogP contribution in [0, 0.1) is 0 Å². The average Bonchev–Trinajstić information content (AvgIpc) is 2.77. The van der Waals surface area contributed by atoms with E-state index in [1.807, 2.05) is 6.20 Å². The van der Waals surface area contributed by atoms with Gasteiger partial charge in [-0.05, 0) is 20.4 Å². The van der Waals surface area contributed by atoms with E-state index in [1.165, 1.54) is 31.1 Å². The maximum absolute atomic E-state index is 4.39. The van der Waals surface area contributed by atoms with Crippen LogP contribution in [-0.4, -0.2) is 53.5 Å². The molecule has 0 aromatic carbocycles. The summed E-state index contributed by atoms with van der Waals surface area (Å²) in [5.74, 6) is 0. The molecule has 0 bridgehead atoms. The average molecular weight is 268 g/mol. The van der Waals surface area contributed by atoms with Gasteiger partial charge in [-0.15, -0.1) is 11.3 Å². The van der Waals surface area contributed by atoms with Crippen molar-refractivity contribution in [3.8, 4) is 0 Å². The standard InChI is InChI=1S/C13H24N4S/c1-4-14-13-15-8-12(18-13)10-16-6-7-17(5-2)11(3)9-16/h8,11H,4-7,9-10H2,1-3H3,(H,14,15). The molecule has 0 saturated carbocycles. The molecule has 18 heavy (non-hydrogen) atoms. The molecule has 1 aliphatic heterocycles. The first-order chi connectivity index (χ1) is 8.72. The molecular formula is C13H24N4S. The summed E-state index contributed by atoms with van der Waals surface area (Å²) in [6.45, 7) is 13.4. The van der Waals surface area contributed by atoms with E-state index >= 15 is 0 Å². The first-order valence-electron chi connectivity index (χ1n) is 6.87. The van der Waals surface area contributed by atoms with Crippen LogP contribution in [0.3, 0.4) is 0 Å². The van der Waals surface area contributed by atoms with Gasteiger partial charge in [-0.25, -0.2) is 4.98 Å². The smallest absolute Gasteiger partial charge is 0.182 e. The summed E-state index contributed by atoms with van der Waals surface area (Å²) in [6.07, 6.45) is 2.01. The maximum Gasteiger partial charge on any atom is 0.182 e. The Kier molecular flexibility index (Phi) is 4.97. The lowest BCUT2D eigenvalue weighted by Crippen LogP contribution is -2.51. The zero-order valence-corrected chi connectivity index (χ0v) is 12.5. The number of anilines is 1. The van der Waals surface area contributed by atoms with Crippen molar-refractivity contribution in [1.82, 2.24) is 14.8 Å². The molecule has 1 unspecified atom stereocenters. The Morgan fingerprint density at radius 2 is 2.28 bits per heavy atom. The van der Waals surface area contributed by atoms with Gasteiger partial charge in [-0.2, -0.15) is 0 Å². The highest BCUT2D eigenvalue weighted by Gasteiger charge is 2.22. The molecule has 1 saturated heterocycles. The number of hydrogen-bond donors (Lipinski definition) is 1. The van der Waals surface area contributed by atoms with Gasteiger partial charge in [0.05, 0.1) is 0 Å². The second-order valence-electron chi connectivity index (χ2n) is 4.87. The maximum atomic E-state index is 4.39. The highest BCUT2D eigenvalue weighted by Crippen LogP contribution is 2.21. The van der Waals surface area contributed by atoms with E-state index in [2.05, 4.69) is 40.9 Å². The van der Waals surface area contributed by atoms with Gasteiger partial charge in [-0.3, -0.25) is 9.80 Å². The van der Waals surface area contributed by atoms with Crippen molar-refractivity contribution < 1.29 is 0 Å². The summed E-state index contributed by atoms with van der Waals surface area (Å²) >= 11 is 1.78. The first kappa shape index (κ1) is 13.8. The third-order valence-electron chi connectivity index (χ3n) is 3.52. The molecular weight excluding hydrogens is 244 g/mol. The van der Waals surface area contributed by atoms with E-state index in [0.29, 0.717) is 6.04 Å². The predicted molar refractivity (Wildman–Crippen MR) is 78.3 cm³/mol. The second-order valence-corrected chi connectivity index (χ2v) is 5.99. The molecule has 1 aromatic heterocycles. The van der Waals surface area contributed by atoms with Crippen LogP contribution in [0.5, 0.6) is 0 Å². The summed E-state index contributed by atoms with van der Waals surface area (Å²) in [6, 6.07) is 0.671. The normalized spacial score (nSPS) is 22.3. The van der Waals surface area contributed by atoms with E-state index in [1.54, 1.807) is 11.3 Å². The molecule has 1 aromatic rings. The number of likely N-dealkylation sites (N-methyl/N-ethyl adjacent to an activating group) is 1. The van der Waals surface area contributed by atoms with Gasteiger partial charge >= 0.3 is 0 Å². The fourth-order valence-corrected chi connectivity index (χ4v) is 3.44. The van der Waals surface area contributed by atoms with Crippen molar-refractivity contribution in [3.05, 3.63) is 11.1 Å². The van der Waals surface area contributed by atoms with E-state index < -0.39 is 0 Å². The zero-order chi connectivity index (χ0) is 13.0. The molecule has 0 radical (unpaired) electrons. The number of thiazole rings is 1. The highest BCUT2D eigenvalue weighted by molar-refractivity contribution is 7.15. The Hall–Kier alpha value is -0.650. The predicted octanol–water partition coefficient (Wildman–Crippen LogP) is 2.10. The van der Waals surface area contributed by atoms with Crippen molar-refractivity contribution >= 4 is 16.5 Å². The fraction of sp³-hybridized carbons (Fsp3) is 0.769. The molecule has 0 aliphatic carbocycles. The van der Waals surface area contributed by atoms with Gasteiger partial charge in [0.15, 0.2) is 5.13 Å². The lowest BCUT2D eigenvalue weighted by atomic mass is 10.2. The van der Waals surface area contributed by atoms with Crippen LogP contribution in [-0.2, 0) is 6.54 Å². The van der Waals surface area contributed by atoms with Gasteiger partial charge in [0, 0.05) is 49.8 Å². The van der Waals surface area contributed by atoms with Crippen molar-refractivity contribution in [1.29, 1.82) is 0 Å². The Morgan fingerprint density at radius 3 is 2.94 bits per heavy atom. The minimum absolute atomic E-state index is 0.671. The molecule has 2 heterocycles. The van der Waals surface area contributed by atoms with Crippen molar-refractivity contribution in [2.24, 2.45) is 0 Å². The first-order valence-corrected chi connectivity index (χ1v) is 7.69. The lowest BCUT2D eigenvalue weighted by molar-refractivity contribution is 0.0840. The minimum Gasteiger partial charge on any atom is -0.362 e. The summed E-state index contributed by atoms with van der Waals surface area (Å²) in [5.41, 5.74) is 0. The number of nitrogens with one attached hydrogen (secondary N) is 1. The van der Waals surface area contributed by atoms with E-state index in [-0.39, 0.29) is 0 Å². The Morgan fingerprint density at radius 1 is 1.44 bits per heavy atom. The van der Waals surface area contributed by atoms with Gasteiger partial charge in [0.1, 0.15) is 0 Å². The van der Waals surface area contributed by atoms with Gasteiger partial charge in [0.25, 0.3) is 0 Å².